The average Bonchev–Trinajstić information content (AvgIpc) is 2.47. The first-order valence-corrected chi connectivity index (χ1v) is 6.35. The minimum atomic E-state index is -1.37. The molecule has 0 unspecified atom stereocenters. The van der Waals surface area contributed by atoms with Gasteiger partial charge in [-0.05, 0) is 24.3 Å². The third-order valence-electron chi connectivity index (χ3n) is 2.58. The van der Waals surface area contributed by atoms with E-state index in [0.29, 0.717) is 5.75 Å². The summed E-state index contributed by atoms with van der Waals surface area (Å²) in [5.74, 6) is -2.74. The van der Waals surface area contributed by atoms with Gasteiger partial charge in [-0.1, -0.05) is 30.3 Å². The molecule has 2 rings (SSSR count). The molecule has 0 aliphatic carbocycles. The third-order valence-corrected chi connectivity index (χ3v) is 2.58. The second kappa shape index (κ2) is 7.03. The van der Waals surface area contributed by atoms with Gasteiger partial charge in [-0.15, -0.1) is 0 Å². The molecule has 2 aromatic rings. The number of aliphatic carboxylic acids is 1. The van der Waals surface area contributed by atoms with Crippen molar-refractivity contribution in [3.63, 3.8) is 0 Å². The molecule has 0 radical (unpaired) electrons. The summed E-state index contributed by atoms with van der Waals surface area (Å²) in [6.45, 7) is 0. The molecule has 6 heteroatoms. The smallest absolute Gasteiger partial charge is 0.349 e. The molecule has 0 aliphatic heterocycles. The van der Waals surface area contributed by atoms with Crippen LogP contribution in [0.3, 0.4) is 0 Å². The van der Waals surface area contributed by atoms with Gasteiger partial charge in [-0.25, -0.2) is 4.79 Å². The molecular weight excluding hydrogens is 288 g/mol. The van der Waals surface area contributed by atoms with Gasteiger partial charge in [0.25, 0.3) is 0 Å². The van der Waals surface area contributed by atoms with Crippen LogP contribution in [0, 0.1) is 0 Å². The average molecular weight is 300 g/mol. The van der Waals surface area contributed by atoms with Crippen molar-refractivity contribution in [3.8, 4) is 11.5 Å². The van der Waals surface area contributed by atoms with Crippen molar-refractivity contribution in [2.45, 2.75) is 6.42 Å². The first kappa shape index (κ1) is 15.2. The summed E-state index contributed by atoms with van der Waals surface area (Å²) in [6, 6.07) is 15.0. The molecular formula is C16H12O6. The maximum atomic E-state index is 11.9. The second-order valence-corrected chi connectivity index (χ2v) is 4.24. The monoisotopic (exact) mass is 300 g/mol. The predicted octanol–water partition coefficient (Wildman–Crippen LogP) is 2.64. The molecule has 2 aromatic carbocycles. The molecule has 0 saturated carbocycles. The zero-order valence-corrected chi connectivity index (χ0v) is 11.4. The number of carboxylic acid groups (broad SMARTS) is 1. The standard InChI is InChI=1S/C16H12O6/c17-14(18)10-15(19)22-16(20)12-8-4-5-9-13(12)21-11-6-2-1-3-7-11/h1-9H,10H2,(H,17,18). The molecule has 0 fully saturated rings. The van der Waals surface area contributed by atoms with Crippen LogP contribution in [-0.4, -0.2) is 23.0 Å². The Bertz CT molecular complexity index is 693. The van der Waals surface area contributed by atoms with Crippen LogP contribution in [0.5, 0.6) is 11.5 Å². The Morgan fingerprint density at radius 1 is 0.909 bits per heavy atom. The van der Waals surface area contributed by atoms with Crippen molar-refractivity contribution in [1.29, 1.82) is 0 Å². The molecule has 1 N–H and O–H groups in total. The van der Waals surface area contributed by atoms with Gasteiger partial charge < -0.3 is 14.6 Å². The van der Waals surface area contributed by atoms with Crippen LogP contribution in [0.25, 0.3) is 0 Å². The molecule has 6 nitrogen and oxygen atoms in total. The number of benzene rings is 2. The van der Waals surface area contributed by atoms with Crippen LogP contribution < -0.4 is 4.74 Å². The van der Waals surface area contributed by atoms with E-state index < -0.39 is 24.3 Å². The van der Waals surface area contributed by atoms with Gasteiger partial charge in [-0.2, -0.15) is 0 Å². The predicted molar refractivity (Wildman–Crippen MR) is 75.6 cm³/mol. The minimum absolute atomic E-state index is 0.0325. The Labute approximate surface area is 125 Å². The highest BCUT2D eigenvalue weighted by Gasteiger charge is 2.19. The number of rotatable bonds is 5. The fourth-order valence-electron chi connectivity index (χ4n) is 1.66. The Morgan fingerprint density at radius 3 is 2.23 bits per heavy atom. The number of para-hydroxylation sites is 2. The molecule has 0 saturated heterocycles. The highest BCUT2D eigenvalue weighted by Crippen LogP contribution is 2.25. The molecule has 0 bridgehead atoms. The van der Waals surface area contributed by atoms with Gasteiger partial charge in [0.1, 0.15) is 23.5 Å². The summed E-state index contributed by atoms with van der Waals surface area (Å²) in [5, 5.41) is 8.48. The molecule has 0 atom stereocenters. The highest BCUT2D eigenvalue weighted by atomic mass is 16.6. The molecule has 0 heterocycles. The fraction of sp³-hybridized carbons (Fsp3) is 0.0625. The Kier molecular flexibility index (Phi) is 4.87. The Morgan fingerprint density at radius 2 is 1.55 bits per heavy atom. The normalized spacial score (nSPS) is 9.82. The number of hydrogen-bond acceptors (Lipinski definition) is 5. The maximum absolute atomic E-state index is 11.9. The summed E-state index contributed by atoms with van der Waals surface area (Å²) >= 11 is 0. The van der Waals surface area contributed by atoms with Crippen LogP contribution in [0.15, 0.2) is 54.6 Å². The molecule has 0 amide bonds. The first-order chi connectivity index (χ1) is 10.6. The molecule has 22 heavy (non-hydrogen) atoms. The lowest BCUT2D eigenvalue weighted by atomic mass is 10.2. The number of carbonyl (C=O) groups excluding carboxylic acids is 2. The highest BCUT2D eigenvalue weighted by molar-refractivity contribution is 6.02. The summed E-state index contributed by atoms with van der Waals surface area (Å²) in [5.41, 5.74) is 0.0325. The summed E-state index contributed by atoms with van der Waals surface area (Å²) in [6.07, 6.45) is -0.881. The van der Waals surface area contributed by atoms with Crippen LogP contribution in [0.2, 0.25) is 0 Å². The summed E-state index contributed by atoms with van der Waals surface area (Å²) in [7, 11) is 0. The van der Waals surface area contributed by atoms with Gasteiger partial charge in [0.15, 0.2) is 0 Å². The van der Waals surface area contributed by atoms with E-state index >= 15 is 0 Å². The van der Waals surface area contributed by atoms with E-state index in [2.05, 4.69) is 4.74 Å². The minimum Gasteiger partial charge on any atom is -0.481 e. The van der Waals surface area contributed by atoms with E-state index in [4.69, 9.17) is 9.84 Å². The zero-order valence-electron chi connectivity index (χ0n) is 11.4. The summed E-state index contributed by atoms with van der Waals surface area (Å²) in [4.78, 5) is 33.6. The van der Waals surface area contributed by atoms with Gasteiger partial charge in [0.2, 0.25) is 0 Å². The lowest BCUT2D eigenvalue weighted by Gasteiger charge is -2.09. The van der Waals surface area contributed by atoms with Crippen molar-refractivity contribution in [2.75, 3.05) is 0 Å². The van der Waals surface area contributed by atoms with Crippen LogP contribution in [0.1, 0.15) is 16.8 Å². The quantitative estimate of drug-likeness (QED) is 0.674. The van der Waals surface area contributed by atoms with Crippen molar-refractivity contribution < 1.29 is 29.0 Å². The first-order valence-electron chi connectivity index (χ1n) is 6.35. The van der Waals surface area contributed by atoms with Crippen molar-refractivity contribution in [1.82, 2.24) is 0 Å². The number of hydrogen-bond donors (Lipinski definition) is 1. The zero-order chi connectivity index (χ0) is 15.9. The van der Waals surface area contributed by atoms with Crippen molar-refractivity contribution in [2.24, 2.45) is 0 Å². The summed E-state index contributed by atoms with van der Waals surface area (Å²) < 4.78 is 10.1. The van der Waals surface area contributed by atoms with E-state index in [1.54, 1.807) is 42.5 Å². The van der Waals surface area contributed by atoms with Crippen LogP contribution in [0.4, 0.5) is 0 Å². The fourth-order valence-corrected chi connectivity index (χ4v) is 1.66. The van der Waals surface area contributed by atoms with Crippen molar-refractivity contribution >= 4 is 17.9 Å². The lowest BCUT2D eigenvalue weighted by molar-refractivity contribution is -0.147. The number of carboxylic acids is 1. The van der Waals surface area contributed by atoms with E-state index in [1.807, 2.05) is 6.07 Å². The van der Waals surface area contributed by atoms with E-state index in [-0.39, 0.29) is 11.3 Å². The number of carbonyl (C=O) groups is 3. The Balaban J connectivity index is 2.15. The number of esters is 2. The second-order valence-electron chi connectivity index (χ2n) is 4.24. The topological polar surface area (TPSA) is 89.9 Å². The lowest BCUT2D eigenvalue weighted by Crippen LogP contribution is -2.16. The molecule has 0 aromatic heterocycles. The van der Waals surface area contributed by atoms with Gasteiger partial charge >= 0.3 is 17.9 Å². The van der Waals surface area contributed by atoms with E-state index in [1.165, 1.54) is 6.07 Å². The van der Waals surface area contributed by atoms with E-state index in [9.17, 15) is 14.4 Å². The van der Waals surface area contributed by atoms with Crippen LogP contribution in [-0.2, 0) is 14.3 Å². The largest absolute Gasteiger partial charge is 0.481 e. The molecule has 0 spiro atoms. The molecule has 112 valence electrons. The maximum Gasteiger partial charge on any atom is 0.349 e. The van der Waals surface area contributed by atoms with Gasteiger partial charge in [0.05, 0.1) is 0 Å². The van der Waals surface area contributed by atoms with Crippen LogP contribution >= 0.6 is 0 Å². The molecule has 0 aliphatic rings. The van der Waals surface area contributed by atoms with Gasteiger partial charge in [0, 0.05) is 0 Å². The SMILES string of the molecule is O=C(O)CC(=O)OC(=O)c1ccccc1Oc1ccccc1. The van der Waals surface area contributed by atoms with Gasteiger partial charge in [-0.3, -0.25) is 9.59 Å². The third kappa shape index (κ3) is 4.17. The van der Waals surface area contributed by atoms with E-state index in [0.717, 1.165) is 0 Å². The van der Waals surface area contributed by atoms with Crippen molar-refractivity contribution in [3.05, 3.63) is 60.2 Å². The number of ether oxygens (including phenoxy) is 2. The Hall–Kier alpha value is -3.15.